The van der Waals surface area contributed by atoms with Crippen LogP contribution >= 0.6 is 39.9 Å². The average molecular weight is 565 g/mol. The lowest BCUT2D eigenvalue weighted by Crippen LogP contribution is -2.61. The van der Waals surface area contributed by atoms with E-state index in [4.69, 9.17) is 12.2 Å². The van der Waals surface area contributed by atoms with Gasteiger partial charge in [-0.3, -0.25) is 19.4 Å². The van der Waals surface area contributed by atoms with Crippen LogP contribution in [0.25, 0.3) is 0 Å². The third-order valence-electron chi connectivity index (χ3n) is 7.54. The predicted molar refractivity (Wildman–Crippen MR) is 148 cm³/mol. The van der Waals surface area contributed by atoms with Crippen LogP contribution in [-0.2, 0) is 15.1 Å². The van der Waals surface area contributed by atoms with E-state index in [1.54, 1.807) is 4.90 Å². The van der Waals surface area contributed by atoms with Crippen LogP contribution in [0, 0.1) is 6.92 Å². The summed E-state index contributed by atoms with van der Waals surface area (Å²) in [4.78, 5) is 32.6. The summed E-state index contributed by atoms with van der Waals surface area (Å²) >= 11 is 10.8. The van der Waals surface area contributed by atoms with Gasteiger partial charge in [0.15, 0.2) is 5.54 Å². The molecule has 3 heterocycles. The fourth-order valence-electron chi connectivity index (χ4n) is 6.10. The van der Waals surface area contributed by atoms with Crippen molar-refractivity contribution in [2.45, 2.75) is 23.1 Å². The predicted octanol–water partition coefficient (Wildman–Crippen LogP) is 5.44. The van der Waals surface area contributed by atoms with Gasteiger partial charge in [-0.15, -0.1) is 0 Å². The van der Waals surface area contributed by atoms with Gasteiger partial charge in [-0.25, -0.2) is 0 Å². The number of amides is 2. The zero-order valence-electron chi connectivity index (χ0n) is 19.1. The number of rotatable bonds is 2. The number of nitrogens with one attached hydrogen (secondary N) is 1. The molecule has 2 spiro atoms. The number of halogens is 1. The van der Waals surface area contributed by atoms with Gasteiger partial charge in [0.2, 0.25) is 0 Å². The molecule has 2 amide bonds. The van der Waals surface area contributed by atoms with Gasteiger partial charge in [-0.05, 0) is 55.4 Å². The van der Waals surface area contributed by atoms with Crippen LogP contribution in [-0.4, -0.2) is 39.4 Å². The van der Waals surface area contributed by atoms with Crippen molar-refractivity contribution in [1.82, 2.24) is 4.90 Å². The van der Waals surface area contributed by atoms with Crippen molar-refractivity contribution in [3.63, 3.8) is 0 Å². The van der Waals surface area contributed by atoms with Crippen LogP contribution < -0.4 is 10.2 Å². The number of benzene rings is 3. The van der Waals surface area contributed by atoms with Gasteiger partial charge in [0.25, 0.3) is 11.8 Å². The minimum Gasteiger partial charge on any atom is -0.324 e. The van der Waals surface area contributed by atoms with Gasteiger partial charge in [0, 0.05) is 28.2 Å². The number of fused-ring (bicyclic) bond motifs is 3. The highest BCUT2D eigenvalue weighted by Crippen LogP contribution is 2.66. The lowest BCUT2D eigenvalue weighted by Gasteiger charge is -2.42. The number of likely N-dealkylation sites (tertiary alicyclic amines) is 1. The van der Waals surface area contributed by atoms with E-state index in [-0.39, 0.29) is 17.7 Å². The molecular formula is C27H22BrN3O2S2. The fourth-order valence-corrected chi connectivity index (χ4v) is 8.63. The molecule has 3 aliphatic rings. The molecule has 0 aromatic heterocycles. The number of para-hydroxylation sites is 1. The molecule has 3 unspecified atom stereocenters. The van der Waals surface area contributed by atoms with E-state index in [0.717, 1.165) is 26.9 Å². The largest absolute Gasteiger partial charge is 0.324 e. The van der Waals surface area contributed by atoms with Crippen LogP contribution in [0.4, 0.5) is 11.4 Å². The number of hydrogen-bond acceptors (Lipinski definition) is 5. The van der Waals surface area contributed by atoms with Gasteiger partial charge >= 0.3 is 0 Å². The second-order valence-corrected chi connectivity index (χ2v) is 12.0. The summed E-state index contributed by atoms with van der Waals surface area (Å²) in [6, 6.07) is 23.4. The lowest BCUT2D eigenvalue weighted by molar-refractivity contribution is -0.132. The Morgan fingerprint density at radius 3 is 2.51 bits per heavy atom. The first-order valence-corrected chi connectivity index (χ1v) is 13.3. The van der Waals surface area contributed by atoms with Crippen LogP contribution in [0.3, 0.4) is 0 Å². The van der Waals surface area contributed by atoms with E-state index in [9.17, 15) is 9.59 Å². The fraction of sp³-hybridized carbons (Fsp3) is 0.222. The number of carbonyl (C=O) groups excluding carboxylic acids is 2. The van der Waals surface area contributed by atoms with E-state index >= 15 is 0 Å². The minimum absolute atomic E-state index is 0.153. The van der Waals surface area contributed by atoms with Crippen molar-refractivity contribution >= 4 is 67.4 Å². The molecule has 2 fully saturated rings. The van der Waals surface area contributed by atoms with E-state index in [0.29, 0.717) is 16.6 Å². The Balaban J connectivity index is 1.67. The maximum atomic E-state index is 14.8. The minimum atomic E-state index is -1.23. The number of aryl methyl sites for hydroxylation is 1. The summed E-state index contributed by atoms with van der Waals surface area (Å²) in [5, 5.41) is 3.09. The number of carbonyl (C=O) groups is 2. The molecular weight excluding hydrogens is 542 g/mol. The Morgan fingerprint density at radius 2 is 1.77 bits per heavy atom. The number of nitrogens with zero attached hydrogens (tertiary/aromatic N) is 2. The topological polar surface area (TPSA) is 52.7 Å². The first-order valence-electron chi connectivity index (χ1n) is 11.3. The second kappa shape index (κ2) is 8.00. The van der Waals surface area contributed by atoms with Gasteiger partial charge in [0.05, 0.1) is 5.69 Å². The van der Waals surface area contributed by atoms with Gasteiger partial charge in [0.1, 0.15) is 9.07 Å². The number of thioether (sulfide) groups is 1. The molecule has 3 aromatic carbocycles. The monoisotopic (exact) mass is 563 g/mol. The van der Waals surface area contributed by atoms with E-state index < -0.39 is 10.3 Å². The summed E-state index contributed by atoms with van der Waals surface area (Å²) in [5.74, 6) is -0.601. The number of hydrogen-bond donors (Lipinski definition) is 1. The highest BCUT2D eigenvalue weighted by Gasteiger charge is 2.78. The van der Waals surface area contributed by atoms with Crippen LogP contribution in [0.1, 0.15) is 22.6 Å². The summed E-state index contributed by atoms with van der Waals surface area (Å²) in [5.41, 5.74) is 3.17. The van der Waals surface area contributed by atoms with E-state index in [1.165, 1.54) is 11.8 Å². The Labute approximate surface area is 222 Å². The van der Waals surface area contributed by atoms with Crippen molar-refractivity contribution in [3.8, 4) is 0 Å². The molecule has 0 radical (unpaired) electrons. The molecule has 1 N–H and O–H groups in total. The molecule has 6 rings (SSSR count). The number of anilines is 2. The van der Waals surface area contributed by atoms with Crippen molar-refractivity contribution in [2.75, 3.05) is 23.8 Å². The summed E-state index contributed by atoms with van der Waals surface area (Å²) in [7, 11) is 1.94. The molecule has 0 aliphatic carbocycles. The van der Waals surface area contributed by atoms with E-state index in [1.807, 2.05) is 67.7 Å². The van der Waals surface area contributed by atoms with Crippen LogP contribution in [0.15, 0.2) is 77.3 Å². The zero-order chi connectivity index (χ0) is 24.5. The quantitative estimate of drug-likeness (QED) is 0.421. The van der Waals surface area contributed by atoms with Crippen molar-refractivity contribution < 1.29 is 9.59 Å². The summed E-state index contributed by atoms with van der Waals surface area (Å²) < 4.78 is 0.135. The second-order valence-electron chi connectivity index (χ2n) is 9.22. The summed E-state index contributed by atoms with van der Waals surface area (Å²) in [6.07, 6.45) is 0. The Hall–Kier alpha value is -2.52. The molecule has 3 aliphatic heterocycles. The number of thiocarbonyl (C=S) groups is 1. The third-order valence-corrected chi connectivity index (χ3v) is 9.89. The van der Waals surface area contributed by atoms with Crippen molar-refractivity contribution in [1.29, 1.82) is 0 Å². The Kier molecular flexibility index (Phi) is 5.23. The highest BCUT2D eigenvalue weighted by molar-refractivity contribution is 9.10. The third kappa shape index (κ3) is 2.88. The molecule has 5 nitrogen and oxygen atoms in total. The van der Waals surface area contributed by atoms with Crippen molar-refractivity contribution in [3.05, 3.63) is 94.0 Å². The van der Waals surface area contributed by atoms with Crippen LogP contribution in [0.5, 0.6) is 0 Å². The molecule has 8 heteroatoms. The first kappa shape index (κ1) is 22.9. The number of likely N-dealkylation sites (N-methyl/N-ethyl adjacent to an activating group) is 1. The molecule has 176 valence electrons. The SMILES string of the molecule is Cc1ccccc1C1CN(C)C2(C(=O)Nc3ccc(Br)cc32)C12SC(=S)N(c1ccccc1)C2=O. The summed E-state index contributed by atoms with van der Waals surface area (Å²) in [6.45, 7) is 2.60. The normalized spacial score (nSPS) is 27.8. The van der Waals surface area contributed by atoms with Crippen molar-refractivity contribution in [2.24, 2.45) is 0 Å². The lowest BCUT2D eigenvalue weighted by atomic mass is 9.71. The highest BCUT2D eigenvalue weighted by atomic mass is 79.9. The first-order chi connectivity index (χ1) is 16.8. The maximum absolute atomic E-state index is 14.8. The van der Waals surface area contributed by atoms with Gasteiger partial charge < -0.3 is 5.32 Å². The molecule has 35 heavy (non-hydrogen) atoms. The Morgan fingerprint density at radius 1 is 1.06 bits per heavy atom. The molecule has 3 atom stereocenters. The molecule has 0 bridgehead atoms. The molecule has 0 saturated carbocycles. The smallest absolute Gasteiger partial charge is 0.252 e. The molecule has 3 aromatic rings. The Bertz CT molecular complexity index is 1410. The van der Waals surface area contributed by atoms with Gasteiger partial charge in [-0.1, -0.05) is 82.4 Å². The average Bonchev–Trinajstić information content (AvgIpc) is 3.38. The van der Waals surface area contributed by atoms with Crippen LogP contribution in [0.2, 0.25) is 0 Å². The standard InChI is InChI=1S/C27H22BrN3O2S2/c1-16-8-6-7-11-19(16)21-15-30(2)26(20-14-17(28)12-13-22(20)29-23(26)32)27(21)24(33)31(25(34)35-27)18-9-4-3-5-10-18/h3-14,21H,15H2,1-2H3,(H,29,32). The zero-order valence-corrected chi connectivity index (χ0v) is 22.3. The van der Waals surface area contributed by atoms with Gasteiger partial charge in [-0.2, -0.15) is 0 Å². The van der Waals surface area contributed by atoms with E-state index in [2.05, 4.69) is 45.2 Å². The molecule has 2 saturated heterocycles. The maximum Gasteiger partial charge on any atom is 0.252 e.